The fraction of sp³-hybridized carbons (Fsp3) is 0.500. The number of piperidine rings is 1. The van der Waals surface area contributed by atoms with Gasteiger partial charge in [-0.2, -0.15) is 0 Å². The van der Waals surface area contributed by atoms with E-state index < -0.39 is 0 Å². The van der Waals surface area contributed by atoms with Crippen molar-refractivity contribution in [3.8, 4) is 0 Å². The van der Waals surface area contributed by atoms with Crippen LogP contribution in [0.3, 0.4) is 0 Å². The normalized spacial score (nSPS) is 23.5. The number of carbonyl (C=O) groups excluding carboxylic acids is 1. The number of hydrogen-bond donors (Lipinski definition) is 0. The SMILES string of the molecule is CSc1ccc(Cl)c(C(=O)N2CCC(C)C(Br)C2)c1. The van der Waals surface area contributed by atoms with E-state index in [1.165, 1.54) is 0 Å². The van der Waals surface area contributed by atoms with Crippen molar-refractivity contribution in [3.63, 3.8) is 0 Å². The van der Waals surface area contributed by atoms with Gasteiger partial charge in [0.15, 0.2) is 0 Å². The number of carbonyl (C=O) groups is 1. The molecule has 1 aromatic rings. The van der Waals surface area contributed by atoms with Crippen LogP contribution in [0.1, 0.15) is 23.7 Å². The molecular formula is C14H17BrClNOS. The smallest absolute Gasteiger partial charge is 0.255 e. The first-order valence-corrected chi connectivity index (χ1v) is 8.81. The van der Waals surface area contributed by atoms with Gasteiger partial charge in [-0.15, -0.1) is 11.8 Å². The quantitative estimate of drug-likeness (QED) is 0.577. The molecule has 1 fully saturated rings. The average molecular weight is 363 g/mol. The molecule has 0 N–H and O–H groups in total. The largest absolute Gasteiger partial charge is 0.337 e. The molecule has 1 amide bonds. The highest BCUT2D eigenvalue weighted by Crippen LogP contribution is 2.28. The summed E-state index contributed by atoms with van der Waals surface area (Å²) >= 11 is 11.4. The molecule has 2 atom stereocenters. The predicted molar refractivity (Wildman–Crippen MR) is 85.6 cm³/mol. The third kappa shape index (κ3) is 3.47. The Hall–Kier alpha value is -0.190. The Morgan fingerprint density at radius 1 is 1.53 bits per heavy atom. The zero-order valence-electron chi connectivity index (χ0n) is 11.0. The van der Waals surface area contributed by atoms with Crippen LogP contribution in [0.15, 0.2) is 23.1 Å². The van der Waals surface area contributed by atoms with Crippen molar-refractivity contribution in [1.29, 1.82) is 0 Å². The van der Waals surface area contributed by atoms with Crippen molar-refractivity contribution in [3.05, 3.63) is 28.8 Å². The second-order valence-corrected chi connectivity index (χ2v) is 7.34. The lowest BCUT2D eigenvalue weighted by molar-refractivity contribution is 0.0706. The Labute approximate surface area is 132 Å². The zero-order valence-corrected chi connectivity index (χ0v) is 14.2. The molecule has 2 rings (SSSR count). The monoisotopic (exact) mass is 361 g/mol. The number of rotatable bonds is 2. The van der Waals surface area contributed by atoms with Crippen molar-refractivity contribution in [2.45, 2.75) is 23.1 Å². The van der Waals surface area contributed by atoms with Gasteiger partial charge in [0.25, 0.3) is 5.91 Å². The molecule has 0 aliphatic carbocycles. The Bertz CT molecular complexity index is 483. The maximum absolute atomic E-state index is 12.6. The fourth-order valence-electron chi connectivity index (χ4n) is 2.17. The number of hydrogen-bond acceptors (Lipinski definition) is 2. The van der Waals surface area contributed by atoms with Crippen molar-refractivity contribution in [2.24, 2.45) is 5.92 Å². The predicted octanol–water partition coefficient (Wildman–Crippen LogP) is 4.31. The second-order valence-electron chi connectivity index (χ2n) is 4.88. The number of nitrogens with zero attached hydrogens (tertiary/aromatic N) is 1. The lowest BCUT2D eigenvalue weighted by Crippen LogP contribution is -2.43. The summed E-state index contributed by atoms with van der Waals surface area (Å²) in [6.07, 6.45) is 3.02. The summed E-state index contributed by atoms with van der Waals surface area (Å²) in [5.41, 5.74) is 0.614. The van der Waals surface area contributed by atoms with E-state index in [1.54, 1.807) is 17.8 Å². The van der Waals surface area contributed by atoms with Gasteiger partial charge in [0.05, 0.1) is 10.6 Å². The number of thioether (sulfide) groups is 1. The van der Waals surface area contributed by atoms with Gasteiger partial charge >= 0.3 is 0 Å². The van der Waals surface area contributed by atoms with Crippen molar-refractivity contribution >= 4 is 45.2 Å². The highest BCUT2D eigenvalue weighted by atomic mass is 79.9. The molecule has 1 aliphatic heterocycles. The van der Waals surface area contributed by atoms with Gasteiger partial charge in [-0.1, -0.05) is 34.5 Å². The van der Waals surface area contributed by atoms with Crippen LogP contribution in [0, 0.1) is 5.92 Å². The lowest BCUT2D eigenvalue weighted by Gasteiger charge is -2.34. The van der Waals surface area contributed by atoms with E-state index in [1.807, 2.05) is 23.3 Å². The van der Waals surface area contributed by atoms with Crippen LogP contribution in [-0.4, -0.2) is 35.0 Å². The lowest BCUT2D eigenvalue weighted by atomic mass is 9.98. The summed E-state index contributed by atoms with van der Waals surface area (Å²) in [6.45, 7) is 3.77. The number of benzene rings is 1. The summed E-state index contributed by atoms with van der Waals surface area (Å²) in [7, 11) is 0. The minimum Gasteiger partial charge on any atom is -0.337 e. The average Bonchev–Trinajstić information content (AvgIpc) is 2.41. The van der Waals surface area contributed by atoms with E-state index in [-0.39, 0.29) is 5.91 Å². The van der Waals surface area contributed by atoms with Crippen LogP contribution in [0.5, 0.6) is 0 Å². The van der Waals surface area contributed by atoms with Gasteiger partial charge in [0.2, 0.25) is 0 Å². The van der Waals surface area contributed by atoms with Crippen LogP contribution in [0.4, 0.5) is 0 Å². The Morgan fingerprint density at radius 2 is 2.26 bits per heavy atom. The molecule has 5 heteroatoms. The summed E-state index contributed by atoms with van der Waals surface area (Å²) in [5, 5.41) is 0.535. The van der Waals surface area contributed by atoms with Gasteiger partial charge in [0, 0.05) is 22.8 Å². The summed E-state index contributed by atoms with van der Waals surface area (Å²) in [4.78, 5) is 15.9. The van der Waals surface area contributed by atoms with Gasteiger partial charge < -0.3 is 4.90 Å². The molecule has 1 saturated heterocycles. The third-order valence-electron chi connectivity index (χ3n) is 3.56. The number of likely N-dealkylation sites (tertiary alicyclic amines) is 1. The van der Waals surface area contributed by atoms with E-state index in [9.17, 15) is 4.79 Å². The van der Waals surface area contributed by atoms with E-state index >= 15 is 0 Å². The van der Waals surface area contributed by atoms with E-state index in [2.05, 4.69) is 22.9 Å². The number of alkyl halides is 1. The molecule has 0 spiro atoms. The maximum atomic E-state index is 12.6. The molecule has 104 valence electrons. The van der Waals surface area contributed by atoms with Crippen LogP contribution in [-0.2, 0) is 0 Å². The topological polar surface area (TPSA) is 20.3 Å². The molecule has 0 bridgehead atoms. The van der Waals surface area contributed by atoms with Crippen LogP contribution >= 0.6 is 39.3 Å². The summed E-state index contributed by atoms with van der Waals surface area (Å²) < 4.78 is 0. The second kappa shape index (κ2) is 6.51. The minimum atomic E-state index is 0.0391. The zero-order chi connectivity index (χ0) is 14.0. The van der Waals surface area contributed by atoms with Crippen molar-refractivity contribution < 1.29 is 4.79 Å². The van der Waals surface area contributed by atoms with Crippen molar-refractivity contribution in [2.75, 3.05) is 19.3 Å². The minimum absolute atomic E-state index is 0.0391. The van der Waals surface area contributed by atoms with E-state index in [0.29, 0.717) is 21.3 Å². The molecule has 0 aromatic heterocycles. The first-order valence-electron chi connectivity index (χ1n) is 6.29. The maximum Gasteiger partial charge on any atom is 0.255 e. The van der Waals surface area contributed by atoms with E-state index in [0.717, 1.165) is 24.4 Å². The molecule has 2 nitrogen and oxygen atoms in total. The highest BCUT2D eigenvalue weighted by Gasteiger charge is 2.28. The highest BCUT2D eigenvalue weighted by molar-refractivity contribution is 9.09. The molecule has 1 aliphatic rings. The van der Waals surface area contributed by atoms with Gasteiger partial charge in [-0.3, -0.25) is 4.79 Å². The third-order valence-corrected chi connectivity index (χ3v) is 5.80. The Kier molecular flexibility index (Phi) is 5.21. The fourth-order valence-corrected chi connectivity index (χ4v) is 3.42. The number of halogens is 2. The summed E-state index contributed by atoms with van der Waals surface area (Å²) in [5.74, 6) is 0.648. The van der Waals surface area contributed by atoms with Crippen molar-refractivity contribution in [1.82, 2.24) is 4.90 Å². The molecule has 0 radical (unpaired) electrons. The Balaban J connectivity index is 2.20. The van der Waals surface area contributed by atoms with Crippen LogP contribution in [0.2, 0.25) is 5.02 Å². The van der Waals surface area contributed by atoms with Crippen LogP contribution in [0.25, 0.3) is 0 Å². The van der Waals surface area contributed by atoms with Gasteiger partial charge in [-0.05, 0) is 36.8 Å². The van der Waals surface area contributed by atoms with Gasteiger partial charge in [0.1, 0.15) is 0 Å². The van der Waals surface area contributed by atoms with Crippen LogP contribution < -0.4 is 0 Å². The molecular weight excluding hydrogens is 346 g/mol. The molecule has 1 aromatic carbocycles. The van der Waals surface area contributed by atoms with Gasteiger partial charge in [-0.25, -0.2) is 0 Å². The van der Waals surface area contributed by atoms with E-state index in [4.69, 9.17) is 11.6 Å². The molecule has 2 unspecified atom stereocenters. The number of amides is 1. The Morgan fingerprint density at radius 3 is 2.89 bits per heavy atom. The summed E-state index contributed by atoms with van der Waals surface area (Å²) in [6, 6.07) is 5.63. The standard InChI is InChI=1S/C14H17BrClNOS/c1-9-5-6-17(8-12(9)15)14(18)11-7-10(19-2)3-4-13(11)16/h3-4,7,9,12H,5-6,8H2,1-2H3. The molecule has 1 heterocycles. The first kappa shape index (κ1) is 15.2. The molecule has 0 saturated carbocycles. The first-order chi connectivity index (χ1) is 9.02. The molecule has 19 heavy (non-hydrogen) atoms.